The number of pyridine rings is 1. The normalized spacial score (nSPS) is 10.5. The molecule has 0 radical (unpaired) electrons. The number of fused-ring (bicyclic) bond motifs is 1. The molecule has 2 rings (SSSR count). The zero-order valence-corrected chi connectivity index (χ0v) is 7.70. The summed E-state index contributed by atoms with van der Waals surface area (Å²) in [5.41, 5.74) is 3.32. The summed E-state index contributed by atoms with van der Waals surface area (Å²) >= 11 is 0. The maximum Gasteiger partial charge on any atom is 0.136 e. The van der Waals surface area contributed by atoms with Gasteiger partial charge in [0.15, 0.2) is 0 Å². The number of nitrogens with zero attached hydrogens (tertiary/aromatic N) is 2. The summed E-state index contributed by atoms with van der Waals surface area (Å²) in [5, 5.41) is 0. The Morgan fingerprint density at radius 2 is 2.31 bits per heavy atom. The topological polar surface area (TPSA) is 17.3 Å². The van der Waals surface area contributed by atoms with Crippen molar-refractivity contribution < 1.29 is 0 Å². The Morgan fingerprint density at radius 1 is 1.46 bits per heavy atom. The number of hydrogen-bond acceptors (Lipinski definition) is 1. The lowest BCUT2D eigenvalue weighted by molar-refractivity contribution is 1.14. The van der Waals surface area contributed by atoms with Crippen molar-refractivity contribution in [2.24, 2.45) is 0 Å². The molecule has 0 bridgehead atoms. The van der Waals surface area contributed by atoms with Gasteiger partial charge in [-0.1, -0.05) is 12.1 Å². The minimum atomic E-state index is 0.834. The van der Waals surface area contributed by atoms with E-state index in [0.717, 1.165) is 17.8 Å². The maximum absolute atomic E-state index is 4.44. The summed E-state index contributed by atoms with van der Waals surface area (Å²) in [6.07, 6.45) is 6.83. The number of hydrogen-bond donors (Lipinski definition) is 0. The first kappa shape index (κ1) is 8.05. The van der Waals surface area contributed by atoms with Crippen LogP contribution in [0.3, 0.4) is 0 Å². The number of rotatable bonds is 2. The highest BCUT2D eigenvalue weighted by atomic mass is 15.0. The van der Waals surface area contributed by atoms with Gasteiger partial charge in [-0.3, -0.25) is 0 Å². The third-order valence-electron chi connectivity index (χ3n) is 2.00. The molecule has 2 aromatic heterocycles. The maximum atomic E-state index is 4.44. The minimum Gasteiger partial charge on any atom is -0.307 e. The Bertz CT molecular complexity index is 440. The average Bonchev–Trinajstić information content (AvgIpc) is 2.46. The second-order valence-electron chi connectivity index (χ2n) is 3.20. The summed E-state index contributed by atoms with van der Waals surface area (Å²) < 4.78 is 2.05. The molecule has 0 atom stereocenters. The predicted molar refractivity (Wildman–Crippen MR) is 53.8 cm³/mol. The van der Waals surface area contributed by atoms with Gasteiger partial charge < -0.3 is 4.40 Å². The molecule has 0 spiro atoms. The molecule has 13 heavy (non-hydrogen) atoms. The molecule has 0 N–H and O–H groups in total. The SMILES string of the molecule is C=CCc1cn2cc(C)ccc2n1. The Hall–Kier alpha value is -1.57. The second-order valence-corrected chi connectivity index (χ2v) is 3.20. The molecule has 2 nitrogen and oxygen atoms in total. The molecule has 0 saturated carbocycles. The predicted octanol–water partition coefficient (Wildman–Crippen LogP) is 2.37. The second kappa shape index (κ2) is 3.05. The lowest BCUT2D eigenvalue weighted by Crippen LogP contribution is -1.82. The van der Waals surface area contributed by atoms with Crippen LogP contribution in [-0.2, 0) is 6.42 Å². The fourth-order valence-electron chi connectivity index (χ4n) is 1.40. The van der Waals surface area contributed by atoms with Gasteiger partial charge in [0.05, 0.1) is 5.69 Å². The van der Waals surface area contributed by atoms with Crippen molar-refractivity contribution in [3.63, 3.8) is 0 Å². The van der Waals surface area contributed by atoms with E-state index in [1.54, 1.807) is 0 Å². The van der Waals surface area contributed by atoms with Gasteiger partial charge >= 0.3 is 0 Å². The van der Waals surface area contributed by atoms with Crippen LogP contribution in [0.2, 0.25) is 0 Å². The van der Waals surface area contributed by atoms with Gasteiger partial charge in [-0.05, 0) is 18.6 Å². The number of aromatic nitrogens is 2. The van der Waals surface area contributed by atoms with Gasteiger partial charge in [-0.25, -0.2) is 4.98 Å². The van der Waals surface area contributed by atoms with Gasteiger partial charge in [0, 0.05) is 18.8 Å². The summed E-state index contributed by atoms with van der Waals surface area (Å²) in [6.45, 7) is 5.77. The smallest absolute Gasteiger partial charge is 0.136 e. The fourth-order valence-corrected chi connectivity index (χ4v) is 1.40. The average molecular weight is 172 g/mol. The molecule has 2 aromatic rings. The van der Waals surface area contributed by atoms with Crippen LogP contribution in [0.25, 0.3) is 5.65 Å². The standard InChI is InChI=1S/C11H12N2/c1-3-4-10-8-13-7-9(2)5-6-11(13)12-10/h3,5-8H,1,4H2,2H3. The highest BCUT2D eigenvalue weighted by molar-refractivity contribution is 5.41. The van der Waals surface area contributed by atoms with Crippen LogP contribution >= 0.6 is 0 Å². The van der Waals surface area contributed by atoms with Crippen LogP contribution in [0.15, 0.2) is 37.2 Å². The van der Waals surface area contributed by atoms with Crippen LogP contribution in [0.4, 0.5) is 0 Å². The number of allylic oxidation sites excluding steroid dienone is 1. The molecule has 2 heteroatoms. The van der Waals surface area contributed by atoms with Crippen molar-refractivity contribution >= 4 is 5.65 Å². The van der Waals surface area contributed by atoms with E-state index in [0.29, 0.717) is 0 Å². The van der Waals surface area contributed by atoms with Gasteiger partial charge in [-0.2, -0.15) is 0 Å². The van der Waals surface area contributed by atoms with Crippen molar-refractivity contribution in [1.29, 1.82) is 0 Å². The minimum absolute atomic E-state index is 0.834. The lowest BCUT2D eigenvalue weighted by atomic mass is 10.3. The van der Waals surface area contributed by atoms with E-state index in [2.05, 4.69) is 30.7 Å². The fraction of sp³-hybridized carbons (Fsp3) is 0.182. The molecule has 0 aliphatic heterocycles. The monoisotopic (exact) mass is 172 g/mol. The molecule has 0 aromatic carbocycles. The third kappa shape index (κ3) is 1.47. The Balaban J connectivity index is 2.55. The molecule has 0 aliphatic carbocycles. The summed E-state index contributed by atoms with van der Waals surface area (Å²) in [6, 6.07) is 4.10. The Morgan fingerprint density at radius 3 is 3.08 bits per heavy atom. The van der Waals surface area contributed by atoms with Crippen molar-refractivity contribution in [3.05, 3.63) is 48.4 Å². The zero-order valence-electron chi connectivity index (χ0n) is 7.70. The molecule has 0 unspecified atom stereocenters. The van der Waals surface area contributed by atoms with Crippen LogP contribution in [0.5, 0.6) is 0 Å². The van der Waals surface area contributed by atoms with Crippen LogP contribution in [0, 0.1) is 6.92 Å². The van der Waals surface area contributed by atoms with E-state index in [1.807, 2.05) is 22.7 Å². The van der Waals surface area contributed by atoms with Crippen LogP contribution < -0.4 is 0 Å². The van der Waals surface area contributed by atoms with E-state index in [4.69, 9.17) is 0 Å². The van der Waals surface area contributed by atoms with Crippen LogP contribution in [-0.4, -0.2) is 9.38 Å². The zero-order chi connectivity index (χ0) is 9.26. The first-order chi connectivity index (χ1) is 6.29. The number of aryl methyl sites for hydroxylation is 1. The quantitative estimate of drug-likeness (QED) is 0.636. The first-order valence-electron chi connectivity index (χ1n) is 4.35. The molecule has 2 heterocycles. The van der Waals surface area contributed by atoms with E-state index in [-0.39, 0.29) is 0 Å². The van der Waals surface area contributed by atoms with E-state index < -0.39 is 0 Å². The molecule has 0 saturated heterocycles. The van der Waals surface area contributed by atoms with Crippen molar-refractivity contribution in [1.82, 2.24) is 9.38 Å². The summed E-state index contributed by atoms with van der Waals surface area (Å²) in [7, 11) is 0. The Labute approximate surface area is 77.5 Å². The molecule has 66 valence electrons. The van der Waals surface area contributed by atoms with Gasteiger partial charge in [0.2, 0.25) is 0 Å². The van der Waals surface area contributed by atoms with Crippen LogP contribution in [0.1, 0.15) is 11.3 Å². The first-order valence-corrected chi connectivity index (χ1v) is 4.35. The summed E-state index contributed by atoms with van der Waals surface area (Å²) in [4.78, 5) is 4.44. The van der Waals surface area contributed by atoms with Gasteiger partial charge in [0.1, 0.15) is 5.65 Å². The molecule has 0 aliphatic rings. The highest BCUT2D eigenvalue weighted by Crippen LogP contribution is 2.07. The van der Waals surface area contributed by atoms with Gasteiger partial charge in [0.25, 0.3) is 0 Å². The molecule has 0 amide bonds. The van der Waals surface area contributed by atoms with Crippen molar-refractivity contribution in [3.8, 4) is 0 Å². The molecular formula is C11H12N2. The lowest BCUT2D eigenvalue weighted by Gasteiger charge is -1.93. The number of imidazole rings is 1. The van der Waals surface area contributed by atoms with E-state index in [1.165, 1.54) is 5.56 Å². The van der Waals surface area contributed by atoms with E-state index >= 15 is 0 Å². The molecule has 0 fully saturated rings. The third-order valence-corrected chi connectivity index (χ3v) is 2.00. The Kier molecular flexibility index (Phi) is 1.89. The summed E-state index contributed by atoms with van der Waals surface area (Å²) in [5.74, 6) is 0. The van der Waals surface area contributed by atoms with E-state index in [9.17, 15) is 0 Å². The molecular weight excluding hydrogens is 160 g/mol. The largest absolute Gasteiger partial charge is 0.307 e. The van der Waals surface area contributed by atoms with Gasteiger partial charge in [-0.15, -0.1) is 6.58 Å². The highest BCUT2D eigenvalue weighted by Gasteiger charge is 1.98. The van der Waals surface area contributed by atoms with Crippen molar-refractivity contribution in [2.75, 3.05) is 0 Å². The van der Waals surface area contributed by atoms with Crippen molar-refractivity contribution in [2.45, 2.75) is 13.3 Å².